The largest absolute Gasteiger partial charge is 0.388 e. The predicted molar refractivity (Wildman–Crippen MR) is 125 cm³/mol. The highest BCUT2D eigenvalue weighted by atomic mass is 32.2. The van der Waals surface area contributed by atoms with Crippen molar-refractivity contribution in [1.29, 1.82) is 0 Å². The molecular weight excluding hydrogens is 376 g/mol. The molecule has 0 amide bonds. The molecule has 2 heterocycles. The zero-order valence-electron chi connectivity index (χ0n) is 17.1. The molecular formula is C24H31N4S+. The maximum atomic E-state index is 4.43. The van der Waals surface area contributed by atoms with E-state index in [1.807, 2.05) is 13.2 Å². The lowest BCUT2D eigenvalue weighted by Crippen LogP contribution is -2.44. The molecule has 0 bridgehead atoms. The predicted octanol–water partition coefficient (Wildman–Crippen LogP) is 4.06. The minimum absolute atomic E-state index is 0.342. The number of hydrogen-bond acceptors (Lipinski definition) is 4. The first-order valence-corrected chi connectivity index (χ1v) is 11.8. The number of nitrogens with zero attached hydrogens (tertiary/aromatic N) is 2. The van der Waals surface area contributed by atoms with Crippen molar-refractivity contribution in [2.75, 3.05) is 25.5 Å². The zero-order chi connectivity index (χ0) is 19.6. The normalized spacial score (nSPS) is 22.8. The minimum atomic E-state index is 0.342. The number of fused-ring (bicyclic) bond motifs is 1. The number of hydrogen-bond donors (Lipinski definition) is 2. The van der Waals surface area contributed by atoms with Gasteiger partial charge < -0.3 is 10.6 Å². The van der Waals surface area contributed by atoms with Gasteiger partial charge in [0.1, 0.15) is 5.25 Å². The Morgan fingerprint density at radius 1 is 1.10 bits per heavy atom. The zero-order valence-corrected chi connectivity index (χ0v) is 18.0. The van der Waals surface area contributed by atoms with Crippen LogP contribution in [0.25, 0.3) is 11.6 Å². The van der Waals surface area contributed by atoms with Crippen LogP contribution in [0.1, 0.15) is 54.8 Å². The summed E-state index contributed by atoms with van der Waals surface area (Å²) in [6.07, 6.45) is 12.7. The lowest BCUT2D eigenvalue weighted by molar-refractivity contribution is 0.287. The van der Waals surface area contributed by atoms with Crippen molar-refractivity contribution in [3.05, 3.63) is 59.4 Å². The summed E-state index contributed by atoms with van der Waals surface area (Å²) in [6.45, 7) is 2.46. The summed E-state index contributed by atoms with van der Waals surface area (Å²) < 4.78 is 2.65. The molecule has 29 heavy (non-hydrogen) atoms. The van der Waals surface area contributed by atoms with Crippen LogP contribution in [0, 0.1) is 0 Å². The quantitative estimate of drug-likeness (QED) is 0.560. The van der Waals surface area contributed by atoms with Gasteiger partial charge in [0.2, 0.25) is 0 Å². The number of rotatable bonds is 6. The summed E-state index contributed by atoms with van der Waals surface area (Å²) in [5, 5.41) is 8.24. The minimum Gasteiger partial charge on any atom is -0.388 e. The van der Waals surface area contributed by atoms with Gasteiger partial charge in [0.25, 0.3) is 0 Å². The summed E-state index contributed by atoms with van der Waals surface area (Å²) in [7, 11) is 1.98. The molecule has 2 aromatic rings. The monoisotopic (exact) mass is 407 g/mol. The average molecular weight is 408 g/mol. The van der Waals surface area contributed by atoms with E-state index in [-0.39, 0.29) is 0 Å². The van der Waals surface area contributed by atoms with Crippen LogP contribution in [0.15, 0.2) is 42.7 Å². The molecule has 152 valence electrons. The van der Waals surface area contributed by atoms with E-state index in [4.69, 9.17) is 0 Å². The first-order valence-electron chi connectivity index (χ1n) is 10.9. The van der Waals surface area contributed by atoms with Crippen molar-refractivity contribution in [3.63, 3.8) is 0 Å². The van der Waals surface area contributed by atoms with Gasteiger partial charge in [-0.1, -0.05) is 18.2 Å². The first-order chi connectivity index (χ1) is 14.3. The van der Waals surface area contributed by atoms with E-state index in [1.54, 1.807) is 11.9 Å². The number of anilines is 1. The SMILES string of the molecule is CNc1cccc(C2=Cc3ccncc3C(NC3CCN([SH+]C4CC4)CC3)C2)c1. The Bertz CT molecular complexity index is 884. The first kappa shape index (κ1) is 19.2. The Balaban J connectivity index is 1.31. The summed E-state index contributed by atoms with van der Waals surface area (Å²) >= 11 is 1.59. The van der Waals surface area contributed by atoms with E-state index < -0.39 is 0 Å². The van der Waals surface area contributed by atoms with Gasteiger partial charge in [0.15, 0.2) is 0 Å². The molecule has 2 N–H and O–H groups in total. The smallest absolute Gasteiger partial charge is 0.135 e. The van der Waals surface area contributed by atoms with E-state index in [0.29, 0.717) is 12.1 Å². The van der Waals surface area contributed by atoms with Gasteiger partial charge in [-0.25, -0.2) is 0 Å². The number of thiol groups is 1. The molecule has 2 aliphatic carbocycles. The molecule has 1 aliphatic heterocycles. The summed E-state index contributed by atoms with van der Waals surface area (Å²) in [5.41, 5.74) is 6.53. The van der Waals surface area contributed by atoms with Crippen LogP contribution in [0.3, 0.4) is 0 Å². The fourth-order valence-electron chi connectivity index (χ4n) is 4.49. The van der Waals surface area contributed by atoms with E-state index in [9.17, 15) is 0 Å². The van der Waals surface area contributed by atoms with Gasteiger partial charge in [-0.05, 0) is 59.7 Å². The highest BCUT2D eigenvalue weighted by Gasteiger charge is 2.36. The highest BCUT2D eigenvalue weighted by Crippen LogP contribution is 2.37. The number of nitrogens with one attached hydrogen (secondary N) is 2. The lowest BCUT2D eigenvalue weighted by Gasteiger charge is -2.33. The van der Waals surface area contributed by atoms with Crippen molar-refractivity contribution in [2.45, 2.75) is 49.4 Å². The Hall–Kier alpha value is -1.82. The standard InChI is InChI=1S/C24H30N4S/c1-25-21-4-2-3-17(14-21)19-13-18-7-10-26-16-23(18)24(15-19)27-20-8-11-28(12-9-20)29-22-5-6-22/h2-4,7,10,13-14,16,20,22,24-25,27H,5-6,8-9,11-12,15H2,1H3/p+1. The van der Waals surface area contributed by atoms with Crippen molar-refractivity contribution >= 4 is 29.3 Å². The summed E-state index contributed by atoms with van der Waals surface area (Å²) in [6, 6.07) is 11.8. The number of piperidine rings is 1. The Kier molecular flexibility index (Phi) is 5.62. The van der Waals surface area contributed by atoms with E-state index in [1.165, 1.54) is 61.0 Å². The molecule has 0 radical (unpaired) electrons. The van der Waals surface area contributed by atoms with Gasteiger partial charge in [0.05, 0.1) is 11.9 Å². The topological polar surface area (TPSA) is 40.2 Å². The molecule has 4 nitrogen and oxygen atoms in total. The second-order valence-electron chi connectivity index (χ2n) is 8.50. The second kappa shape index (κ2) is 8.50. The fraction of sp³-hybridized carbons (Fsp3) is 0.458. The van der Waals surface area contributed by atoms with Crippen LogP contribution in [-0.2, 0) is 11.9 Å². The molecule has 1 saturated carbocycles. The van der Waals surface area contributed by atoms with Gasteiger partial charge in [-0.2, -0.15) is 0 Å². The van der Waals surface area contributed by atoms with Gasteiger partial charge in [0, 0.05) is 63.1 Å². The molecule has 0 spiro atoms. The van der Waals surface area contributed by atoms with Crippen molar-refractivity contribution < 1.29 is 0 Å². The maximum Gasteiger partial charge on any atom is 0.135 e. The Morgan fingerprint density at radius 3 is 2.76 bits per heavy atom. The van der Waals surface area contributed by atoms with Crippen molar-refractivity contribution in [1.82, 2.24) is 14.6 Å². The van der Waals surface area contributed by atoms with E-state index >= 15 is 0 Å². The van der Waals surface area contributed by atoms with Gasteiger partial charge in [-0.3, -0.25) is 4.98 Å². The molecule has 1 aromatic carbocycles. The van der Waals surface area contributed by atoms with Crippen LogP contribution in [0.5, 0.6) is 0 Å². The average Bonchev–Trinajstić information content (AvgIpc) is 3.59. The fourth-order valence-corrected chi connectivity index (χ4v) is 5.80. The van der Waals surface area contributed by atoms with Crippen LogP contribution < -0.4 is 10.6 Å². The molecule has 1 aromatic heterocycles. The molecule has 2 fully saturated rings. The van der Waals surface area contributed by atoms with Gasteiger partial charge >= 0.3 is 0 Å². The van der Waals surface area contributed by atoms with Crippen LogP contribution in [0.2, 0.25) is 0 Å². The number of pyridine rings is 1. The molecule has 1 atom stereocenters. The maximum absolute atomic E-state index is 4.43. The molecule has 1 unspecified atom stereocenters. The Labute approximate surface area is 178 Å². The van der Waals surface area contributed by atoms with Crippen LogP contribution in [0.4, 0.5) is 5.69 Å². The van der Waals surface area contributed by atoms with Crippen molar-refractivity contribution in [2.24, 2.45) is 0 Å². The molecule has 1 saturated heterocycles. The summed E-state index contributed by atoms with van der Waals surface area (Å²) in [5.74, 6) is 0. The van der Waals surface area contributed by atoms with E-state index in [2.05, 4.69) is 62.5 Å². The molecule has 5 rings (SSSR count). The molecule has 5 heteroatoms. The third kappa shape index (κ3) is 4.52. The number of aromatic nitrogens is 1. The number of benzene rings is 1. The second-order valence-corrected chi connectivity index (χ2v) is 10.0. The molecule has 3 aliphatic rings. The lowest BCUT2D eigenvalue weighted by atomic mass is 9.85. The third-order valence-corrected chi connectivity index (χ3v) is 7.89. The van der Waals surface area contributed by atoms with Gasteiger partial charge in [-0.15, -0.1) is 4.31 Å². The highest BCUT2D eigenvalue weighted by molar-refractivity contribution is 7.77. The Morgan fingerprint density at radius 2 is 1.97 bits per heavy atom. The van der Waals surface area contributed by atoms with E-state index in [0.717, 1.165) is 17.4 Å². The summed E-state index contributed by atoms with van der Waals surface area (Å²) in [4.78, 5) is 4.43. The third-order valence-electron chi connectivity index (χ3n) is 6.32. The van der Waals surface area contributed by atoms with Crippen LogP contribution >= 0.6 is 0 Å². The van der Waals surface area contributed by atoms with Crippen molar-refractivity contribution in [3.8, 4) is 0 Å². The van der Waals surface area contributed by atoms with Crippen LogP contribution in [-0.4, -0.2) is 40.7 Å².